The molecule has 1 unspecified atom stereocenters. The molecule has 2 aromatic rings. The van der Waals surface area contributed by atoms with Crippen LogP contribution in [0.15, 0.2) is 42.5 Å². The van der Waals surface area contributed by atoms with Crippen LogP contribution in [0.3, 0.4) is 0 Å². The summed E-state index contributed by atoms with van der Waals surface area (Å²) in [6.45, 7) is 3.14. The first kappa shape index (κ1) is 15.9. The molecule has 2 N–H and O–H groups in total. The summed E-state index contributed by atoms with van der Waals surface area (Å²) >= 11 is 0. The number of carbonyl (C=O) groups excluding carboxylic acids is 1. The van der Waals surface area contributed by atoms with Gasteiger partial charge < -0.3 is 4.74 Å². The molecule has 0 heterocycles. The van der Waals surface area contributed by atoms with Crippen LogP contribution in [-0.2, 0) is 9.32 Å². The highest BCUT2D eigenvalue weighted by Gasteiger charge is 2.34. The smallest absolute Gasteiger partial charge is 0.339 e. The van der Waals surface area contributed by atoms with Gasteiger partial charge in [-0.25, -0.2) is 9.69 Å². The Labute approximate surface area is 124 Å². The summed E-state index contributed by atoms with van der Waals surface area (Å²) < 4.78 is 10.2. The Kier molecular flexibility index (Phi) is 4.91. The van der Waals surface area contributed by atoms with Gasteiger partial charge in [0.25, 0.3) is 0 Å². The van der Waals surface area contributed by atoms with E-state index in [0.29, 0.717) is 5.75 Å². The molecule has 2 aromatic carbocycles. The molecule has 0 spiro atoms. The maximum Gasteiger partial charge on any atom is 0.339 e. The van der Waals surface area contributed by atoms with Crippen LogP contribution in [0.2, 0.25) is 0 Å². The normalized spacial score (nSPS) is 15.4. The molecule has 0 radical (unpaired) electrons. The molecule has 112 valence electrons. The molecule has 0 saturated heterocycles. The van der Waals surface area contributed by atoms with Crippen molar-refractivity contribution in [1.82, 2.24) is 5.09 Å². The van der Waals surface area contributed by atoms with E-state index in [-0.39, 0.29) is 0 Å². The molecule has 6 heteroatoms. The Bertz CT molecular complexity index is 644. The van der Waals surface area contributed by atoms with Gasteiger partial charge in [-0.05, 0) is 29.8 Å². The van der Waals surface area contributed by atoms with Crippen molar-refractivity contribution in [3.8, 4) is 5.75 Å². The van der Waals surface area contributed by atoms with Gasteiger partial charge in [0.2, 0.25) is 0 Å². The fourth-order valence-corrected chi connectivity index (χ4v) is 2.83. The van der Waals surface area contributed by atoms with E-state index in [9.17, 15) is 9.69 Å². The summed E-state index contributed by atoms with van der Waals surface area (Å²) in [5.41, 5.74) is 0. The van der Waals surface area contributed by atoms with E-state index in [0.717, 1.165) is 10.8 Å². The van der Waals surface area contributed by atoms with Gasteiger partial charge >= 0.3 is 13.8 Å². The van der Waals surface area contributed by atoms with E-state index in [1.54, 1.807) is 13.0 Å². The molecule has 0 aromatic heterocycles. The van der Waals surface area contributed by atoms with Crippen LogP contribution in [0.25, 0.3) is 10.8 Å². The Morgan fingerprint density at radius 2 is 1.90 bits per heavy atom. The maximum absolute atomic E-state index is 12.0. The number of carbonyl (C=O) groups is 1. The van der Waals surface area contributed by atoms with Gasteiger partial charge in [0.15, 0.2) is 0 Å². The number of esters is 1. The van der Waals surface area contributed by atoms with E-state index in [4.69, 9.17) is 9.26 Å². The Morgan fingerprint density at radius 3 is 2.57 bits per heavy atom. The molecular weight excluding hydrogens is 289 g/mol. The van der Waals surface area contributed by atoms with Crippen molar-refractivity contribution >= 4 is 24.6 Å². The highest BCUT2D eigenvalue weighted by molar-refractivity contribution is 7.62. The van der Waals surface area contributed by atoms with Gasteiger partial charge in [-0.3, -0.25) is 0 Å². The SMILES string of the molecule is CO[P+](C)(O)N[C@@H](C)C(=O)Oc1ccc2ccccc2c1. The van der Waals surface area contributed by atoms with E-state index in [1.807, 2.05) is 36.4 Å². The van der Waals surface area contributed by atoms with E-state index >= 15 is 0 Å². The summed E-state index contributed by atoms with van der Waals surface area (Å²) in [5.74, 6) is 0.00495. The van der Waals surface area contributed by atoms with Crippen LogP contribution in [0, 0.1) is 0 Å². The third-order valence-corrected chi connectivity index (χ3v) is 4.66. The molecule has 2 atom stereocenters. The zero-order valence-electron chi connectivity index (χ0n) is 12.2. The van der Waals surface area contributed by atoms with E-state index in [2.05, 4.69) is 5.09 Å². The summed E-state index contributed by atoms with van der Waals surface area (Å²) in [4.78, 5) is 21.8. The predicted molar refractivity (Wildman–Crippen MR) is 84.3 cm³/mol. The zero-order chi connectivity index (χ0) is 15.5. The molecule has 0 aliphatic carbocycles. The van der Waals surface area contributed by atoms with Gasteiger partial charge in [-0.2, -0.15) is 4.52 Å². The molecule has 2 rings (SSSR count). The Hall–Kier alpha value is -1.52. The maximum atomic E-state index is 12.0. The van der Waals surface area contributed by atoms with Gasteiger partial charge in [-0.15, -0.1) is 5.09 Å². The molecular formula is C15H19NO4P+. The van der Waals surface area contributed by atoms with Crippen LogP contribution >= 0.6 is 7.87 Å². The number of fused-ring (bicyclic) bond motifs is 1. The Morgan fingerprint density at radius 1 is 1.24 bits per heavy atom. The van der Waals surface area contributed by atoms with Crippen LogP contribution in [0.1, 0.15) is 6.92 Å². The van der Waals surface area contributed by atoms with Crippen molar-refractivity contribution in [3.05, 3.63) is 42.5 Å². The number of benzene rings is 2. The lowest BCUT2D eigenvalue weighted by molar-refractivity contribution is -0.135. The second-order valence-corrected chi connectivity index (χ2v) is 7.22. The van der Waals surface area contributed by atoms with Crippen LogP contribution < -0.4 is 9.82 Å². The van der Waals surface area contributed by atoms with Gasteiger partial charge in [-0.1, -0.05) is 30.3 Å². The standard InChI is InChI=1S/C15H19NO4P/c1-11(16-21(3,18)19-2)15(17)20-14-9-8-12-6-4-5-7-13(12)10-14/h4-11,16,18H,1-3H3/q+1/t11-,21?/m0/s1. The fourth-order valence-electron chi connectivity index (χ4n) is 1.90. The van der Waals surface area contributed by atoms with Gasteiger partial charge in [0.1, 0.15) is 18.5 Å². The molecule has 21 heavy (non-hydrogen) atoms. The second-order valence-electron chi connectivity index (χ2n) is 4.84. The largest absolute Gasteiger partial charge is 0.425 e. The molecule has 0 bridgehead atoms. The fraction of sp³-hybridized carbons (Fsp3) is 0.267. The quantitative estimate of drug-likeness (QED) is 0.505. The number of ether oxygens (including phenoxy) is 1. The molecule has 0 aliphatic heterocycles. The second kappa shape index (κ2) is 6.50. The predicted octanol–water partition coefficient (Wildman–Crippen LogP) is 2.75. The first-order chi connectivity index (χ1) is 9.91. The molecule has 0 saturated carbocycles. The highest BCUT2D eigenvalue weighted by atomic mass is 31.2. The van der Waals surface area contributed by atoms with Gasteiger partial charge in [0, 0.05) is 0 Å². The lowest BCUT2D eigenvalue weighted by Gasteiger charge is -2.17. The van der Waals surface area contributed by atoms with Crippen molar-refractivity contribution in [1.29, 1.82) is 0 Å². The third kappa shape index (κ3) is 4.22. The minimum absolute atomic E-state index is 0.470. The lowest BCUT2D eigenvalue weighted by Crippen LogP contribution is -2.36. The average Bonchev–Trinajstić information content (AvgIpc) is 2.46. The van der Waals surface area contributed by atoms with Gasteiger partial charge in [0.05, 0.1) is 7.11 Å². The van der Waals surface area contributed by atoms with Crippen LogP contribution in [-0.4, -0.2) is 30.7 Å². The van der Waals surface area contributed by atoms with Crippen molar-refractivity contribution in [2.24, 2.45) is 0 Å². The number of rotatable bonds is 5. The summed E-state index contributed by atoms with van der Waals surface area (Å²) in [6, 6.07) is 12.6. The highest BCUT2D eigenvalue weighted by Crippen LogP contribution is 2.46. The Balaban J connectivity index is 2.07. The van der Waals surface area contributed by atoms with Crippen molar-refractivity contribution in [3.63, 3.8) is 0 Å². The number of nitrogens with one attached hydrogen (secondary N) is 1. The molecule has 5 nitrogen and oxygen atoms in total. The lowest BCUT2D eigenvalue weighted by atomic mass is 10.1. The van der Waals surface area contributed by atoms with Crippen LogP contribution in [0.5, 0.6) is 5.75 Å². The summed E-state index contributed by atoms with van der Waals surface area (Å²) in [6.07, 6.45) is 0. The molecule has 0 amide bonds. The van der Waals surface area contributed by atoms with Crippen LogP contribution in [0.4, 0.5) is 0 Å². The first-order valence-electron chi connectivity index (χ1n) is 6.54. The minimum Gasteiger partial charge on any atom is -0.425 e. The monoisotopic (exact) mass is 308 g/mol. The topological polar surface area (TPSA) is 67.8 Å². The number of hydrogen-bond acceptors (Lipinski definition) is 5. The summed E-state index contributed by atoms with van der Waals surface area (Å²) in [5, 5.41) is 4.81. The summed E-state index contributed by atoms with van der Waals surface area (Å²) in [7, 11) is -1.34. The third-order valence-electron chi connectivity index (χ3n) is 3.08. The average molecular weight is 308 g/mol. The van der Waals surface area contributed by atoms with Crippen molar-refractivity contribution < 1.29 is 18.9 Å². The van der Waals surface area contributed by atoms with E-state index < -0.39 is 19.9 Å². The number of hydrogen-bond donors (Lipinski definition) is 2. The molecule has 0 fully saturated rings. The van der Waals surface area contributed by atoms with Crippen molar-refractivity contribution in [2.75, 3.05) is 13.8 Å². The van der Waals surface area contributed by atoms with E-state index in [1.165, 1.54) is 13.8 Å². The first-order valence-corrected chi connectivity index (χ1v) is 8.65. The van der Waals surface area contributed by atoms with Crippen molar-refractivity contribution in [2.45, 2.75) is 13.0 Å². The molecule has 0 aliphatic rings. The zero-order valence-corrected chi connectivity index (χ0v) is 13.1. The minimum atomic E-state index is -2.73.